The number of hydrogen-bond acceptors (Lipinski definition) is 3. The average Bonchev–Trinajstić information content (AvgIpc) is 2.85. The summed E-state index contributed by atoms with van der Waals surface area (Å²) in [5.74, 6) is -2.06. The van der Waals surface area contributed by atoms with Crippen molar-refractivity contribution in [2.45, 2.75) is 12.2 Å². The van der Waals surface area contributed by atoms with Gasteiger partial charge >= 0.3 is 6.18 Å². The Morgan fingerprint density at radius 1 is 1.42 bits per heavy atom. The second kappa shape index (κ2) is 6.30. The molecule has 1 aliphatic heterocycles. The van der Waals surface area contributed by atoms with Crippen molar-refractivity contribution in [1.82, 2.24) is 10.6 Å². The average molecular weight is 335 g/mol. The van der Waals surface area contributed by atoms with Gasteiger partial charge < -0.3 is 10.6 Å². The predicted molar refractivity (Wildman–Crippen MR) is 70.2 cm³/mol. The third kappa shape index (κ3) is 3.98. The van der Waals surface area contributed by atoms with Gasteiger partial charge in [0.15, 0.2) is 0 Å². The molecular weight excluding hydrogens is 324 g/mol. The van der Waals surface area contributed by atoms with Crippen molar-refractivity contribution in [1.29, 1.82) is 0 Å². The summed E-state index contributed by atoms with van der Waals surface area (Å²) in [5.41, 5.74) is 0. The lowest BCUT2D eigenvalue weighted by atomic mass is 10.0. The van der Waals surface area contributed by atoms with E-state index in [0.29, 0.717) is 9.21 Å². The second-order valence-electron chi connectivity index (χ2n) is 3.99. The molecule has 1 fully saturated rings. The van der Waals surface area contributed by atoms with Gasteiger partial charge in [-0.3, -0.25) is 4.79 Å². The summed E-state index contributed by atoms with van der Waals surface area (Å²) in [7, 11) is 0. The maximum Gasteiger partial charge on any atom is 0.395 e. The number of halogens is 5. The van der Waals surface area contributed by atoms with Crippen LogP contribution in [0, 0.1) is 5.92 Å². The van der Waals surface area contributed by atoms with E-state index in [1.807, 2.05) is 0 Å². The van der Waals surface area contributed by atoms with Crippen LogP contribution in [-0.4, -0.2) is 31.2 Å². The summed E-state index contributed by atoms with van der Waals surface area (Å²) < 4.78 is 38.4. The third-order valence-electron chi connectivity index (χ3n) is 2.75. The molecule has 0 aliphatic carbocycles. The fourth-order valence-corrected chi connectivity index (χ4v) is 2.80. The highest BCUT2D eigenvalue weighted by Gasteiger charge is 2.47. The highest BCUT2D eigenvalue weighted by Crippen LogP contribution is 2.31. The smallest absolute Gasteiger partial charge is 0.347 e. The summed E-state index contributed by atoms with van der Waals surface area (Å²) in [6.45, 7) is -0.0470. The first-order valence-corrected chi connectivity index (χ1v) is 6.41. The molecular formula is C10H11Cl2F3N2OS. The van der Waals surface area contributed by atoms with E-state index in [1.54, 1.807) is 0 Å². The lowest BCUT2D eigenvalue weighted by Gasteiger charge is -2.21. The van der Waals surface area contributed by atoms with Crippen LogP contribution in [0.1, 0.15) is 9.67 Å². The second-order valence-corrected chi connectivity index (χ2v) is 5.71. The number of nitrogens with one attached hydrogen (secondary N) is 2. The van der Waals surface area contributed by atoms with Gasteiger partial charge in [-0.05, 0) is 12.1 Å². The molecule has 2 heterocycles. The molecule has 1 saturated heterocycles. The molecule has 0 spiro atoms. The molecule has 2 N–H and O–H groups in total. The van der Waals surface area contributed by atoms with Gasteiger partial charge in [-0.2, -0.15) is 13.2 Å². The Kier molecular flexibility index (Phi) is 5.49. The van der Waals surface area contributed by atoms with Crippen molar-refractivity contribution in [3.8, 4) is 0 Å². The summed E-state index contributed by atoms with van der Waals surface area (Å²) in [5, 5.41) is 5.03. The predicted octanol–water partition coefficient (Wildman–Crippen LogP) is 2.70. The van der Waals surface area contributed by atoms with E-state index in [2.05, 4.69) is 10.6 Å². The molecule has 9 heteroatoms. The molecule has 0 bridgehead atoms. The van der Waals surface area contributed by atoms with E-state index in [0.717, 1.165) is 11.3 Å². The number of amides is 1. The van der Waals surface area contributed by atoms with Crippen molar-refractivity contribution < 1.29 is 18.0 Å². The molecule has 0 aromatic carbocycles. The molecule has 1 aliphatic rings. The normalized spacial score (nSPS) is 22.9. The molecule has 0 saturated carbocycles. The standard InChI is InChI=1S/C10H10ClF3N2OS.ClH/c11-8-2-1-7(18-8)9(17)16-6-4-15-3-5(6)10(12,13)14;/h1-2,5-6,15H,3-4H2,(H,16,17);1H. The highest BCUT2D eigenvalue weighted by molar-refractivity contribution is 7.17. The summed E-state index contributed by atoms with van der Waals surface area (Å²) in [4.78, 5) is 12.0. The van der Waals surface area contributed by atoms with Crippen LogP contribution < -0.4 is 10.6 Å². The molecule has 2 unspecified atom stereocenters. The molecule has 3 nitrogen and oxygen atoms in total. The number of carbonyl (C=O) groups is 1. The first kappa shape index (κ1) is 16.6. The first-order chi connectivity index (χ1) is 8.38. The number of hydrogen-bond donors (Lipinski definition) is 2. The zero-order valence-electron chi connectivity index (χ0n) is 9.46. The molecule has 1 amide bonds. The zero-order valence-corrected chi connectivity index (χ0v) is 11.8. The van der Waals surface area contributed by atoms with Crippen LogP contribution in [0.4, 0.5) is 13.2 Å². The zero-order chi connectivity index (χ0) is 13.3. The molecule has 2 rings (SSSR count). The monoisotopic (exact) mass is 334 g/mol. The van der Waals surface area contributed by atoms with E-state index in [1.165, 1.54) is 12.1 Å². The third-order valence-corrected chi connectivity index (χ3v) is 3.98. The number of carbonyl (C=O) groups excluding carboxylic acids is 1. The topological polar surface area (TPSA) is 41.1 Å². The number of alkyl halides is 3. The minimum absolute atomic E-state index is 0. The van der Waals surface area contributed by atoms with Crippen LogP contribution in [0.5, 0.6) is 0 Å². The van der Waals surface area contributed by atoms with Gasteiger partial charge in [-0.1, -0.05) is 11.6 Å². The first-order valence-electron chi connectivity index (χ1n) is 5.21. The van der Waals surface area contributed by atoms with E-state index < -0.39 is 24.0 Å². The van der Waals surface area contributed by atoms with Crippen LogP contribution in [0.3, 0.4) is 0 Å². The quantitative estimate of drug-likeness (QED) is 0.873. The maximum absolute atomic E-state index is 12.7. The molecule has 1 aromatic rings. The largest absolute Gasteiger partial charge is 0.395 e. The Labute approximate surface area is 122 Å². The molecule has 0 radical (unpaired) electrons. The summed E-state index contributed by atoms with van der Waals surface area (Å²) in [6.07, 6.45) is -4.31. The summed E-state index contributed by atoms with van der Waals surface area (Å²) in [6, 6.07) is 2.10. The van der Waals surface area contributed by atoms with Crippen molar-refractivity contribution in [2.24, 2.45) is 5.92 Å². The van der Waals surface area contributed by atoms with Gasteiger partial charge in [-0.25, -0.2) is 0 Å². The van der Waals surface area contributed by atoms with E-state index in [9.17, 15) is 18.0 Å². The van der Waals surface area contributed by atoms with Gasteiger partial charge in [0.05, 0.1) is 21.2 Å². The Hall–Kier alpha value is -0.500. The van der Waals surface area contributed by atoms with Crippen LogP contribution in [0.15, 0.2) is 12.1 Å². The van der Waals surface area contributed by atoms with Crippen molar-refractivity contribution in [2.75, 3.05) is 13.1 Å². The van der Waals surface area contributed by atoms with Gasteiger partial charge in [0.1, 0.15) is 0 Å². The molecule has 1 aromatic heterocycles. The van der Waals surface area contributed by atoms with Gasteiger partial charge in [0.2, 0.25) is 0 Å². The molecule has 19 heavy (non-hydrogen) atoms. The van der Waals surface area contributed by atoms with Gasteiger partial charge in [0, 0.05) is 13.1 Å². The minimum atomic E-state index is -4.31. The minimum Gasteiger partial charge on any atom is -0.347 e. The van der Waals surface area contributed by atoms with E-state index in [4.69, 9.17) is 11.6 Å². The Bertz CT molecular complexity index is 452. The van der Waals surface area contributed by atoms with Crippen molar-refractivity contribution >= 4 is 41.3 Å². The Balaban J connectivity index is 0.00000180. The number of thiophene rings is 1. The maximum atomic E-state index is 12.7. The fourth-order valence-electron chi connectivity index (χ4n) is 1.85. The van der Waals surface area contributed by atoms with Crippen LogP contribution >= 0.6 is 35.3 Å². The van der Waals surface area contributed by atoms with Crippen LogP contribution in [0.25, 0.3) is 0 Å². The van der Waals surface area contributed by atoms with Crippen molar-refractivity contribution in [3.05, 3.63) is 21.3 Å². The summed E-state index contributed by atoms with van der Waals surface area (Å²) >= 11 is 6.71. The van der Waals surface area contributed by atoms with Crippen LogP contribution in [0.2, 0.25) is 4.34 Å². The Morgan fingerprint density at radius 2 is 2.11 bits per heavy atom. The fraction of sp³-hybridized carbons (Fsp3) is 0.500. The van der Waals surface area contributed by atoms with Gasteiger partial charge in [-0.15, -0.1) is 23.7 Å². The number of rotatable bonds is 2. The SMILES string of the molecule is Cl.O=C(NC1CNCC1C(F)(F)F)c1ccc(Cl)s1. The lowest BCUT2D eigenvalue weighted by Crippen LogP contribution is -2.45. The molecule has 108 valence electrons. The Morgan fingerprint density at radius 3 is 2.63 bits per heavy atom. The molecule has 2 atom stereocenters. The van der Waals surface area contributed by atoms with Crippen molar-refractivity contribution in [3.63, 3.8) is 0 Å². The lowest BCUT2D eigenvalue weighted by molar-refractivity contribution is -0.173. The van der Waals surface area contributed by atoms with Crippen LogP contribution in [-0.2, 0) is 0 Å². The van der Waals surface area contributed by atoms with E-state index >= 15 is 0 Å². The van der Waals surface area contributed by atoms with Gasteiger partial charge in [0.25, 0.3) is 5.91 Å². The highest BCUT2D eigenvalue weighted by atomic mass is 35.5. The van der Waals surface area contributed by atoms with E-state index in [-0.39, 0.29) is 25.5 Å².